The Morgan fingerprint density at radius 3 is 2.94 bits per heavy atom. The molecule has 1 fully saturated rings. The first-order valence-electron chi connectivity index (χ1n) is 5.75. The average Bonchev–Trinajstić information content (AvgIpc) is 2.29. The van der Waals surface area contributed by atoms with Crippen LogP contribution in [0.25, 0.3) is 0 Å². The van der Waals surface area contributed by atoms with Crippen LogP contribution in [0.15, 0.2) is 24.3 Å². The average molecular weight is 241 g/mol. The molecule has 3 heteroatoms. The van der Waals surface area contributed by atoms with Gasteiger partial charge in [0.1, 0.15) is 0 Å². The minimum Gasteiger partial charge on any atom is -0.385 e. The summed E-state index contributed by atoms with van der Waals surface area (Å²) in [6, 6.07) is 7.52. The van der Waals surface area contributed by atoms with Gasteiger partial charge in [-0.2, -0.15) is 0 Å². The summed E-state index contributed by atoms with van der Waals surface area (Å²) in [5.41, 5.74) is 0.00971. The van der Waals surface area contributed by atoms with Crippen molar-refractivity contribution >= 4 is 11.6 Å². The molecule has 1 aliphatic heterocycles. The van der Waals surface area contributed by atoms with Crippen molar-refractivity contribution in [3.63, 3.8) is 0 Å². The van der Waals surface area contributed by atoms with Gasteiger partial charge in [-0.05, 0) is 12.5 Å². The van der Waals surface area contributed by atoms with E-state index in [1.54, 1.807) is 0 Å². The highest BCUT2D eigenvalue weighted by Crippen LogP contribution is 2.38. The molecule has 1 saturated heterocycles. The van der Waals surface area contributed by atoms with Gasteiger partial charge in [-0.1, -0.05) is 36.7 Å². The van der Waals surface area contributed by atoms with Gasteiger partial charge in [0.25, 0.3) is 0 Å². The largest absolute Gasteiger partial charge is 0.385 e. The van der Waals surface area contributed by atoms with E-state index in [2.05, 4.69) is 6.92 Å². The van der Waals surface area contributed by atoms with Gasteiger partial charge in [-0.25, -0.2) is 0 Å². The van der Waals surface area contributed by atoms with Crippen LogP contribution >= 0.6 is 11.6 Å². The molecule has 2 nitrogen and oxygen atoms in total. The lowest BCUT2D eigenvalue weighted by atomic mass is 9.83. The lowest BCUT2D eigenvalue weighted by molar-refractivity contribution is -0.108. The van der Waals surface area contributed by atoms with E-state index < -0.39 is 5.60 Å². The van der Waals surface area contributed by atoms with Gasteiger partial charge in [0.15, 0.2) is 0 Å². The number of halogens is 1. The third-order valence-electron chi connectivity index (χ3n) is 3.27. The van der Waals surface area contributed by atoms with Crippen LogP contribution in [0.1, 0.15) is 31.7 Å². The van der Waals surface area contributed by atoms with Gasteiger partial charge in [-0.3, -0.25) is 0 Å². The molecule has 1 aliphatic rings. The summed E-state index contributed by atoms with van der Waals surface area (Å²) in [7, 11) is 0. The van der Waals surface area contributed by atoms with E-state index >= 15 is 0 Å². The zero-order chi connectivity index (χ0) is 11.6. The number of hydrogen-bond donors (Lipinski definition) is 1. The van der Waals surface area contributed by atoms with Crippen molar-refractivity contribution in [3.8, 4) is 0 Å². The van der Waals surface area contributed by atoms with Crippen LogP contribution in [-0.2, 0) is 10.3 Å². The van der Waals surface area contributed by atoms with Crippen LogP contribution in [0.5, 0.6) is 0 Å². The van der Waals surface area contributed by atoms with Gasteiger partial charge in [0, 0.05) is 23.4 Å². The Morgan fingerprint density at radius 2 is 2.25 bits per heavy atom. The highest BCUT2D eigenvalue weighted by molar-refractivity contribution is 6.31. The molecule has 0 spiro atoms. The van der Waals surface area contributed by atoms with E-state index in [1.165, 1.54) is 0 Å². The Hall–Kier alpha value is -0.570. The summed E-state index contributed by atoms with van der Waals surface area (Å²) in [5.74, 6) is 0. The molecule has 2 rings (SSSR count). The Bertz CT molecular complexity index is 367. The molecular weight excluding hydrogens is 224 g/mol. The highest BCUT2D eigenvalue weighted by Gasteiger charge is 2.37. The first kappa shape index (κ1) is 11.9. The van der Waals surface area contributed by atoms with Gasteiger partial charge in [-0.15, -0.1) is 0 Å². The van der Waals surface area contributed by atoms with Gasteiger partial charge in [0.2, 0.25) is 0 Å². The molecule has 0 radical (unpaired) electrons. The van der Waals surface area contributed by atoms with Crippen molar-refractivity contribution in [1.82, 2.24) is 0 Å². The first-order chi connectivity index (χ1) is 7.65. The fourth-order valence-electron chi connectivity index (χ4n) is 2.28. The van der Waals surface area contributed by atoms with E-state index in [0.29, 0.717) is 24.5 Å². The van der Waals surface area contributed by atoms with Crippen molar-refractivity contribution in [2.75, 3.05) is 6.61 Å². The Balaban J connectivity index is 2.27. The SMILES string of the molecule is CCC1CC(O)(c2ccccc2Cl)CCO1. The molecule has 1 aromatic carbocycles. The van der Waals surface area contributed by atoms with Crippen molar-refractivity contribution in [2.24, 2.45) is 0 Å². The normalized spacial score (nSPS) is 30.3. The molecule has 2 unspecified atom stereocenters. The zero-order valence-electron chi connectivity index (χ0n) is 9.45. The lowest BCUT2D eigenvalue weighted by Gasteiger charge is -2.37. The number of benzene rings is 1. The molecule has 0 amide bonds. The van der Waals surface area contributed by atoms with E-state index in [1.807, 2.05) is 24.3 Å². The maximum atomic E-state index is 10.7. The zero-order valence-corrected chi connectivity index (χ0v) is 10.2. The van der Waals surface area contributed by atoms with Crippen LogP contribution in [-0.4, -0.2) is 17.8 Å². The fraction of sp³-hybridized carbons (Fsp3) is 0.538. The second-order valence-electron chi connectivity index (χ2n) is 4.37. The van der Waals surface area contributed by atoms with Gasteiger partial charge in [0.05, 0.1) is 18.3 Å². The Kier molecular flexibility index (Phi) is 3.53. The summed E-state index contributed by atoms with van der Waals surface area (Å²) < 4.78 is 5.58. The van der Waals surface area contributed by atoms with Crippen LogP contribution in [0, 0.1) is 0 Å². The summed E-state index contributed by atoms with van der Waals surface area (Å²) in [4.78, 5) is 0. The van der Waals surface area contributed by atoms with Gasteiger partial charge >= 0.3 is 0 Å². The molecule has 16 heavy (non-hydrogen) atoms. The van der Waals surface area contributed by atoms with E-state index in [-0.39, 0.29) is 6.10 Å². The van der Waals surface area contributed by atoms with Crippen LogP contribution in [0.2, 0.25) is 5.02 Å². The summed E-state index contributed by atoms with van der Waals surface area (Å²) >= 11 is 6.14. The Labute approximate surface area is 101 Å². The molecule has 2 atom stereocenters. The minimum atomic E-state index is -0.822. The third kappa shape index (κ3) is 2.24. The predicted octanol–water partition coefficient (Wildman–Crippen LogP) is 3.12. The standard InChI is InChI=1S/C13H17ClO2/c1-2-10-9-13(15,7-8-16-10)11-5-3-4-6-12(11)14/h3-6,10,15H,2,7-9H2,1H3. The Morgan fingerprint density at radius 1 is 1.50 bits per heavy atom. The smallest absolute Gasteiger partial charge is 0.0957 e. The van der Waals surface area contributed by atoms with Crippen molar-refractivity contribution in [3.05, 3.63) is 34.9 Å². The topological polar surface area (TPSA) is 29.5 Å². The fourth-order valence-corrected chi connectivity index (χ4v) is 2.59. The van der Waals surface area contributed by atoms with E-state index in [0.717, 1.165) is 12.0 Å². The molecule has 1 aromatic rings. The number of aliphatic hydroxyl groups is 1. The quantitative estimate of drug-likeness (QED) is 0.861. The van der Waals surface area contributed by atoms with Crippen LogP contribution < -0.4 is 0 Å². The molecule has 0 bridgehead atoms. The van der Waals surface area contributed by atoms with Crippen LogP contribution in [0.4, 0.5) is 0 Å². The number of hydrogen-bond acceptors (Lipinski definition) is 2. The molecule has 88 valence electrons. The van der Waals surface area contributed by atoms with E-state index in [4.69, 9.17) is 16.3 Å². The minimum absolute atomic E-state index is 0.134. The van der Waals surface area contributed by atoms with Crippen molar-refractivity contribution in [2.45, 2.75) is 37.9 Å². The van der Waals surface area contributed by atoms with Crippen molar-refractivity contribution < 1.29 is 9.84 Å². The van der Waals surface area contributed by atoms with Crippen LogP contribution in [0.3, 0.4) is 0 Å². The second-order valence-corrected chi connectivity index (χ2v) is 4.77. The molecule has 0 saturated carbocycles. The molecule has 1 heterocycles. The number of ether oxygens (including phenoxy) is 1. The number of rotatable bonds is 2. The first-order valence-corrected chi connectivity index (χ1v) is 6.12. The van der Waals surface area contributed by atoms with E-state index in [9.17, 15) is 5.11 Å². The maximum absolute atomic E-state index is 10.7. The summed E-state index contributed by atoms with van der Waals surface area (Å²) in [6.07, 6.45) is 2.31. The van der Waals surface area contributed by atoms with Gasteiger partial charge < -0.3 is 9.84 Å². The predicted molar refractivity (Wildman–Crippen MR) is 64.6 cm³/mol. The monoisotopic (exact) mass is 240 g/mol. The molecule has 0 aromatic heterocycles. The summed E-state index contributed by atoms with van der Waals surface area (Å²) in [5, 5.41) is 11.3. The molecule has 0 aliphatic carbocycles. The molecule has 1 N–H and O–H groups in total. The second kappa shape index (κ2) is 4.74. The summed E-state index contributed by atoms with van der Waals surface area (Å²) in [6.45, 7) is 2.67. The third-order valence-corrected chi connectivity index (χ3v) is 3.59. The molecular formula is C13H17ClO2. The van der Waals surface area contributed by atoms with Crippen molar-refractivity contribution in [1.29, 1.82) is 0 Å². The lowest BCUT2D eigenvalue weighted by Crippen LogP contribution is -2.38. The maximum Gasteiger partial charge on any atom is 0.0957 e. The highest BCUT2D eigenvalue weighted by atomic mass is 35.5.